The summed E-state index contributed by atoms with van der Waals surface area (Å²) < 4.78 is 1.11. The number of hydrogen-bond donors (Lipinski definition) is 1. The molecule has 2 aliphatic rings. The minimum absolute atomic E-state index is 0.666. The van der Waals surface area contributed by atoms with Crippen LogP contribution in [0.3, 0.4) is 0 Å². The number of nitrogens with zero attached hydrogens (tertiary/aromatic N) is 3. The summed E-state index contributed by atoms with van der Waals surface area (Å²) in [5.74, 6) is 0. The minimum Gasteiger partial charge on any atom is -0.375 e. The molecular weight excluding hydrogens is 404 g/mol. The highest BCUT2D eigenvalue weighted by molar-refractivity contribution is 9.10. The van der Waals surface area contributed by atoms with Crippen LogP contribution >= 0.6 is 38.6 Å². The van der Waals surface area contributed by atoms with Crippen molar-refractivity contribution in [2.45, 2.75) is 38.1 Å². The van der Waals surface area contributed by atoms with Crippen molar-refractivity contribution in [2.75, 3.05) is 36.8 Å². The van der Waals surface area contributed by atoms with Crippen LogP contribution in [0.5, 0.6) is 0 Å². The summed E-state index contributed by atoms with van der Waals surface area (Å²) in [4.78, 5) is 11.0. The normalized spacial score (nSPS) is 20.6. The second-order valence-electron chi connectivity index (χ2n) is 6.65. The first-order valence-corrected chi connectivity index (χ1v) is 11.2. The monoisotopic (exact) mass is 426 g/mol. The summed E-state index contributed by atoms with van der Waals surface area (Å²) in [6, 6.07) is 2.96. The molecule has 0 bridgehead atoms. The topological polar surface area (TPSA) is 45.4 Å². The number of anilines is 2. The van der Waals surface area contributed by atoms with Gasteiger partial charge in [-0.3, -0.25) is 4.90 Å². The van der Waals surface area contributed by atoms with Crippen LogP contribution in [-0.4, -0.2) is 42.1 Å². The standard InChI is InChI=1S/C17H23BrN4S2/c18-12-10-14(23-11-12)15-16(24-17(19)20-15)22-8-6-21(7-9-22)13-4-2-1-3-5-13/h10-11,13H,1-9H2,(H2,19,20). The van der Waals surface area contributed by atoms with E-state index in [2.05, 4.69) is 42.2 Å². The van der Waals surface area contributed by atoms with Crippen LogP contribution in [0.1, 0.15) is 32.1 Å². The molecule has 1 saturated heterocycles. The Hall–Kier alpha value is -0.630. The van der Waals surface area contributed by atoms with Crippen molar-refractivity contribution < 1.29 is 0 Å². The number of halogens is 1. The van der Waals surface area contributed by atoms with Crippen molar-refractivity contribution in [1.29, 1.82) is 0 Å². The average molecular weight is 427 g/mol. The van der Waals surface area contributed by atoms with E-state index in [0.29, 0.717) is 5.13 Å². The highest BCUT2D eigenvalue weighted by atomic mass is 79.9. The molecule has 0 aromatic carbocycles. The molecule has 1 aliphatic heterocycles. The van der Waals surface area contributed by atoms with Crippen LogP contribution in [0.15, 0.2) is 15.9 Å². The Balaban J connectivity index is 1.47. The lowest BCUT2D eigenvalue weighted by Gasteiger charge is -2.41. The summed E-state index contributed by atoms with van der Waals surface area (Å²) >= 11 is 6.89. The van der Waals surface area contributed by atoms with Crippen LogP contribution in [-0.2, 0) is 0 Å². The van der Waals surface area contributed by atoms with Gasteiger partial charge < -0.3 is 10.6 Å². The van der Waals surface area contributed by atoms with Crippen LogP contribution in [0, 0.1) is 0 Å². The fourth-order valence-electron chi connectivity index (χ4n) is 3.88. The van der Waals surface area contributed by atoms with Gasteiger partial charge >= 0.3 is 0 Å². The van der Waals surface area contributed by atoms with E-state index in [0.717, 1.165) is 42.4 Å². The predicted octanol–water partition coefficient (Wildman–Crippen LogP) is 4.67. The summed E-state index contributed by atoms with van der Waals surface area (Å²) in [5, 5.41) is 4.01. The van der Waals surface area contributed by atoms with E-state index < -0.39 is 0 Å². The molecule has 1 saturated carbocycles. The molecule has 2 aromatic rings. The van der Waals surface area contributed by atoms with Gasteiger partial charge in [-0.15, -0.1) is 11.3 Å². The lowest BCUT2D eigenvalue weighted by atomic mass is 9.94. The van der Waals surface area contributed by atoms with Gasteiger partial charge in [0, 0.05) is 42.1 Å². The molecule has 7 heteroatoms. The van der Waals surface area contributed by atoms with Gasteiger partial charge in [0.15, 0.2) is 5.13 Å². The van der Waals surface area contributed by atoms with Gasteiger partial charge in [0.25, 0.3) is 0 Å². The number of thiophene rings is 1. The van der Waals surface area contributed by atoms with Crippen molar-refractivity contribution in [3.05, 3.63) is 15.9 Å². The molecular formula is C17H23BrN4S2. The van der Waals surface area contributed by atoms with E-state index in [4.69, 9.17) is 5.73 Å². The third kappa shape index (κ3) is 3.49. The van der Waals surface area contributed by atoms with Gasteiger partial charge in [-0.05, 0) is 34.8 Å². The highest BCUT2D eigenvalue weighted by Crippen LogP contribution is 2.41. The number of thiazole rings is 1. The Kier molecular flexibility index (Phi) is 5.13. The third-order valence-electron chi connectivity index (χ3n) is 5.12. The maximum atomic E-state index is 6.04. The number of hydrogen-bond acceptors (Lipinski definition) is 6. The maximum absolute atomic E-state index is 6.04. The first-order chi connectivity index (χ1) is 11.7. The summed E-state index contributed by atoms with van der Waals surface area (Å²) in [6.45, 7) is 4.49. The molecule has 0 spiro atoms. The fourth-order valence-corrected chi connectivity index (χ4v) is 6.26. The lowest BCUT2D eigenvalue weighted by molar-refractivity contribution is 0.148. The zero-order valence-electron chi connectivity index (χ0n) is 13.7. The van der Waals surface area contributed by atoms with Crippen molar-refractivity contribution in [1.82, 2.24) is 9.88 Å². The molecule has 1 aliphatic carbocycles. The largest absolute Gasteiger partial charge is 0.375 e. The summed E-state index contributed by atoms with van der Waals surface area (Å²) in [5.41, 5.74) is 7.09. The van der Waals surface area contributed by atoms with Crippen molar-refractivity contribution in [3.63, 3.8) is 0 Å². The SMILES string of the molecule is Nc1nc(-c2cc(Br)cs2)c(N2CCN(C3CCCCC3)CC2)s1. The molecule has 0 atom stereocenters. The van der Waals surface area contributed by atoms with Crippen molar-refractivity contribution in [3.8, 4) is 10.6 Å². The second kappa shape index (κ2) is 7.32. The van der Waals surface area contributed by atoms with Crippen LogP contribution < -0.4 is 10.6 Å². The average Bonchev–Trinajstić information content (AvgIpc) is 3.21. The van der Waals surface area contributed by atoms with Gasteiger partial charge in [0.05, 0.1) is 4.88 Å². The van der Waals surface area contributed by atoms with Gasteiger partial charge in [0.1, 0.15) is 10.7 Å². The van der Waals surface area contributed by atoms with E-state index in [-0.39, 0.29) is 0 Å². The van der Waals surface area contributed by atoms with Gasteiger partial charge in [-0.25, -0.2) is 4.98 Å². The first kappa shape index (κ1) is 16.8. The van der Waals surface area contributed by atoms with E-state index >= 15 is 0 Å². The highest BCUT2D eigenvalue weighted by Gasteiger charge is 2.27. The lowest BCUT2D eigenvalue weighted by Crippen LogP contribution is -2.50. The molecule has 0 unspecified atom stereocenters. The van der Waals surface area contributed by atoms with E-state index in [1.807, 2.05) is 0 Å². The maximum Gasteiger partial charge on any atom is 0.182 e. The van der Waals surface area contributed by atoms with Gasteiger partial charge in [-0.2, -0.15) is 0 Å². The second-order valence-corrected chi connectivity index (χ2v) is 9.49. The van der Waals surface area contributed by atoms with Gasteiger partial charge in [0.2, 0.25) is 0 Å². The van der Waals surface area contributed by atoms with Crippen molar-refractivity contribution in [2.24, 2.45) is 0 Å². The van der Waals surface area contributed by atoms with Crippen LogP contribution in [0.2, 0.25) is 0 Å². The molecule has 0 amide bonds. The molecule has 2 N–H and O–H groups in total. The number of aromatic nitrogens is 1. The number of nitrogens with two attached hydrogens (primary N) is 1. The van der Waals surface area contributed by atoms with Crippen molar-refractivity contribution >= 4 is 48.7 Å². The summed E-state index contributed by atoms with van der Waals surface area (Å²) in [7, 11) is 0. The molecule has 2 fully saturated rings. The Morgan fingerprint density at radius 2 is 1.88 bits per heavy atom. The zero-order valence-corrected chi connectivity index (χ0v) is 16.9. The number of piperazine rings is 1. The smallest absolute Gasteiger partial charge is 0.182 e. The zero-order chi connectivity index (χ0) is 16.5. The first-order valence-electron chi connectivity index (χ1n) is 8.70. The molecule has 3 heterocycles. The molecule has 4 nitrogen and oxygen atoms in total. The van der Waals surface area contributed by atoms with Crippen LogP contribution in [0.4, 0.5) is 10.1 Å². The quantitative estimate of drug-likeness (QED) is 0.773. The predicted molar refractivity (Wildman–Crippen MR) is 108 cm³/mol. The van der Waals surface area contributed by atoms with Crippen LogP contribution in [0.25, 0.3) is 10.6 Å². The van der Waals surface area contributed by atoms with E-state index in [1.54, 1.807) is 22.7 Å². The minimum atomic E-state index is 0.666. The Labute approximate surface area is 159 Å². The van der Waals surface area contributed by atoms with Gasteiger partial charge in [-0.1, -0.05) is 30.6 Å². The Morgan fingerprint density at radius 1 is 1.12 bits per heavy atom. The number of rotatable bonds is 3. The molecule has 4 rings (SSSR count). The van der Waals surface area contributed by atoms with E-state index in [9.17, 15) is 0 Å². The Morgan fingerprint density at radius 3 is 2.54 bits per heavy atom. The third-order valence-corrected chi connectivity index (χ3v) is 7.76. The Bertz CT molecular complexity index is 685. The molecule has 24 heavy (non-hydrogen) atoms. The van der Waals surface area contributed by atoms with E-state index in [1.165, 1.54) is 42.0 Å². The molecule has 130 valence electrons. The molecule has 0 radical (unpaired) electrons. The summed E-state index contributed by atoms with van der Waals surface area (Å²) in [6.07, 6.45) is 7.03. The fraction of sp³-hybridized carbons (Fsp3) is 0.588. The molecule has 2 aromatic heterocycles. The number of nitrogen functional groups attached to an aromatic ring is 1.